The number of nitrogens with one attached hydrogen (secondary N) is 1. The molecule has 2 rings (SSSR count). The van der Waals surface area contributed by atoms with E-state index in [1.54, 1.807) is 0 Å². The molecule has 0 unspecified atom stereocenters. The Hall–Kier alpha value is -1.39. The molecular formula is C14H24N4O. The van der Waals surface area contributed by atoms with E-state index in [0.717, 1.165) is 31.5 Å². The molecule has 0 bridgehead atoms. The molecule has 1 amide bonds. The van der Waals surface area contributed by atoms with Crippen molar-refractivity contribution < 1.29 is 4.79 Å². The smallest absolute Gasteiger partial charge is 0.293 e. The van der Waals surface area contributed by atoms with Crippen molar-refractivity contribution in [3.8, 4) is 0 Å². The number of carbonyl (C=O) groups excluding carboxylic acids is 1. The molecule has 0 aromatic carbocycles. The summed E-state index contributed by atoms with van der Waals surface area (Å²) in [5, 5.41) is 6.90. The Labute approximate surface area is 114 Å². The van der Waals surface area contributed by atoms with Crippen LogP contribution in [0.3, 0.4) is 0 Å². The zero-order chi connectivity index (χ0) is 13.7. The van der Waals surface area contributed by atoms with Crippen LogP contribution < -0.4 is 0 Å². The third kappa shape index (κ3) is 3.55. The first kappa shape index (κ1) is 14.0. The number of amides is 1. The number of aromatic nitrogens is 3. The van der Waals surface area contributed by atoms with Crippen LogP contribution in [0.15, 0.2) is 0 Å². The van der Waals surface area contributed by atoms with E-state index in [1.807, 2.05) is 11.9 Å². The van der Waals surface area contributed by atoms with Crippen molar-refractivity contribution in [2.45, 2.75) is 64.3 Å². The van der Waals surface area contributed by atoms with Gasteiger partial charge in [0.1, 0.15) is 5.82 Å². The number of hydrogen-bond donors (Lipinski definition) is 1. The fourth-order valence-electron chi connectivity index (χ4n) is 2.71. The molecule has 0 atom stereocenters. The number of nitrogens with zero attached hydrogens (tertiary/aromatic N) is 3. The molecular weight excluding hydrogens is 240 g/mol. The first-order valence-electron chi connectivity index (χ1n) is 7.40. The Bertz CT molecular complexity index is 407. The second-order valence-corrected chi connectivity index (χ2v) is 5.42. The standard InChI is InChI=1S/C14H24N4O/c1-3-8-12-15-13(17-16-12)14(19)18(2)11-9-6-4-5-7-10-11/h11H,3-10H2,1-2H3,(H,15,16,17). The largest absolute Gasteiger partial charge is 0.336 e. The molecule has 5 nitrogen and oxygen atoms in total. The van der Waals surface area contributed by atoms with Gasteiger partial charge in [-0.3, -0.25) is 9.89 Å². The number of rotatable bonds is 4. The molecule has 106 valence electrons. The third-order valence-electron chi connectivity index (χ3n) is 3.90. The van der Waals surface area contributed by atoms with Crippen molar-refractivity contribution in [1.82, 2.24) is 20.1 Å². The van der Waals surface area contributed by atoms with E-state index in [2.05, 4.69) is 22.1 Å². The van der Waals surface area contributed by atoms with Gasteiger partial charge in [-0.25, -0.2) is 4.98 Å². The molecule has 1 aromatic rings. The topological polar surface area (TPSA) is 61.9 Å². The Morgan fingerprint density at radius 1 is 1.32 bits per heavy atom. The van der Waals surface area contributed by atoms with Gasteiger partial charge in [0.05, 0.1) is 0 Å². The average molecular weight is 264 g/mol. The number of aromatic amines is 1. The molecule has 1 saturated carbocycles. The maximum atomic E-state index is 12.4. The maximum Gasteiger partial charge on any atom is 0.293 e. The summed E-state index contributed by atoms with van der Waals surface area (Å²) < 4.78 is 0. The molecule has 1 aromatic heterocycles. The molecule has 1 aliphatic carbocycles. The lowest BCUT2D eigenvalue weighted by Gasteiger charge is -2.26. The first-order valence-corrected chi connectivity index (χ1v) is 7.40. The first-order chi connectivity index (χ1) is 9.22. The minimum atomic E-state index is -0.0505. The summed E-state index contributed by atoms with van der Waals surface area (Å²) in [6.07, 6.45) is 9.08. The Morgan fingerprint density at radius 2 is 2.00 bits per heavy atom. The third-order valence-corrected chi connectivity index (χ3v) is 3.90. The Balaban J connectivity index is 2.00. The fraction of sp³-hybridized carbons (Fsp3) is 0.786. The SMILES string of the molecule is CCCc1nc(C(=O)N(C)C2CCCCCC2)n[nH]1. The van der Waals surface area contributed by atoms with Gasteiger partial charge in [0.25, 0.3) is 5.91 Å². The molecule has 0 radical (unpaired) electrons. The van der Waals surface area contributed by atoms with Crippen LogP contribution in [0.2, 0.25) is 0 Å². The van der Waals surface area contributed by atoms with E-state index >= 15 is 0 Å². The zero-order valence-electron chi connectivity index (χ0n) is 12.0. The lowest BCUT2D eigenvalue weighted by molar-refractivity contribution is 0.0705. The average Bonchev–Trinajstić information content (AvgIpc) is 2.72. The summed E-state index contributed by atoms with van der Waals surface area (Å²) in [6.45, 7) is 2.08. The minimum Gasteiger partial charge on any atom is -0.336 e. The van der Waals surface area contributed by atoms with Crippen LogP contribution in [0.4, 0.5) is 0 Å². The van der Waals surface area contributed by atoms with Gasteiger partial charge in [-0.15, -0.1) is 5.10 Å². The van der Waals surface area contributed by atoms with Crippen LogP contribution in [-0.2, 0) is 6.42 Å². The molecule has 0 spiro atoms. The summed E-state index contributed by atoms with van der Waals surface area (Å²) in [5.41, 5.74) is 0. The second-order valence-electron chi connectivity index (χ2n) is 5.42. The predicted molar refractivity (Wildman–Crippen MR) is 74.0 cm³/mol. The van der Waals surface area contributed by atoms with Crippen molar-refractivity contribution >= 4 is 5.91 Å². The number of hydrogen-bond acceptors (Lipinski definition) is 3. The molecule has 1 aliphatic rings. The molecule has 19 heavy (non-hydrogen) atoms. The number of carbonyl (C=O) groups is 1. The van der Waals surface area contributed by atoms with Crippen LogP contribution in [0.25, 0.3) is 0 Å². The van der Waals surface area contributed by atoms with Crippen LogP contribution in [-0.4, -0.2) is 39.1 Å². The van der Waals surface area contributed by atoms with E-state index < -0.39 is 0 Å². The van der Waals surface area contributed by atoms with Crippen LogP contribution in [0.1, 0.15) is 68.3 Å². The summed E-state index contributed by atoms with van der Waals surface area (Å²) in [5.74, 6) is 1.07. The van der Waals surface area contributed by atoms with Crippen molar-refractivity contribution in [2.24, 2.45) is 0 Å². The second kappa shape index (κ2) is 6.68. The van der Waals surface area contributed by atoms with Crippen LogP contribution >= 0.6 is 0 Å². The Morgan fingerprint density at radius 3 is 2.63 bits per heavy atom. The van der Waals surface area contributed by atoms with Gasteiger partial charge in [0.2, 0.25) is 5.82 Å². The van der Waals surface area contributed by atoms with E-state index in [4.69, 9.17) is 0 Å². The summed E-state index contributed by atoms with van der Waals surface area (Å²) in [7, 11) is 1.88. The van der Waals surface area contributed by atoms with Gasteiger partial charge < -0.3 is 4.90 Å². The highest BCUT2D eigenvalue weighted by atomic mass is 16.2. The quantitative estimate of drug-likeness (QED) is 0.850. The van der Waals surface area contributed by atoms with Crippen molar-refractivity contribution in [3.63, 3.8) is 0 Å². The molecule has 1 fully saturated rings. The van der Waals surface area contributed by atoms with Gasteiger partial charge in [0, 0.05) is 19.5 Å². The normalized spacial score (nSPS) is 17.2. The monoisotopic (exact) mass is 264 g/mol. The van der Waals surface area contributed by atoms with E-state index in [0.29, 0.717) is 11.9 Å². The lowest BCUT2D eigenvalue weighted by Crippen LogP contribution is -2.37. The van der Waals surface area contributed by atoms with E-state index in [1.165, 1.54) is 25.7 Å². The zero-order valence-corrected chi connectivity index (χ0v) is 12.0. The number of H-pyrrole nitrogens is 1. The summed E-state index contributed by atoms with van der Waals surface area (Å²) in [6, 6.07) is 0.350. The Kier molecular flexibility index (Phi) is 4.93. The van der Waals surface area contributed by atoms with Gasteiger partial charge in [-0.1, -0.05) is 32.6 Å². The summed E-state index contributed by atoms with van der Waals surface area (Å²) in [4.78, 5) is 18.5. The number of aryl methyl sites for hydroxylation is 1. The molecule has 5 heteroatoms. The van der Waals surface area contributed by atoms with E-state index in [-0.39, 0.29) is 5.91 Å². The van der Waals surface area contributed by atoms with Crippen LogP contribution in [0.5, 0.6) is 0 Å². The van der Waals surface area contributed by atoms with Crippen molar-refractivity contribution in [3.05, 3.63) is 11.6 Å². The summed E-state index contributed by atoms with van der Waals surface area (Å²) >= 11 is 0. The highest BCUT2D eigenvalue weighted by molar-refractivity contribution is 5.90. The van der Waals surface area contributed by atoms with Gasteiger partial charge in [-0.05, 0) is 19.3 Å². The van der Waals surface area contributed by atoms with Gasteiger partial charge in [-0.2, -0.15) is 0 Å². The lowest BCUT2D eigenvalue weighted by atomic mass is 10.1. The highest BCUT2D eigenvalue weighted by Crippen LogP contribution is 2.21. The highest BCUT2D eigenvalue weighted by Gasteiger charge is 2.24. The van der Waals surface area contributed by atoms with Gasteiger partial charge in [0.15, 0.2) is 0 Å². The predicted octanol–water partition coefficient (Wildman–Crippen LogP) is 2.55. The van der Waals surface area contributed by atoms with Crippen molar-refractivity contribution in [2.75, 3.05) is 7.05 Å². The van der Waals surface area contributed by atoms with Crippen LogP contribution in [0, 0.1) is 0 Å². The minimum absolute atomic E-state index is 0.0505. The van der Waals surface area contributed by atoms with Crippen molar-refractivity contribution in [1.29, 1.82) is 0 Å². The fourth-order valence-corrected chi connectivity index (χ4v) is 2.71. The molecule has 1 heterocycles. The van der Waals surface area contributed by atoms with E-state index in [9.17, 15) is 4.79 Å². The molecule has 0 saturated heterocycles. The molecule has 0 aliphatic heterocycles. The van der Waals surface area contributed by atoms with Gasteiger partial charge >= 0.3 is 0 Å². The maximum absolute atomic E-state index is 12.4. The molecule has 1 N–H and O–H groups in total.